The molecule has 0 aromatic carbocycles. The highest BCUT2D eigenvalue weighted by atomic mass is 16.5. The van der Waals surface area contributed by atoms with Gasteiger partial charge < -0.3 is 9.47 Å². The largest absolute Gasteiger partial charge is 0.465 e. The number of ether oxygens (including phenoxy) is 2. The van der Waals surface area contributed by atoms with Crippen LogP contribution in [-0.4, -0.2) is 26.3 Å². The molecule has 0 aliphatic carbocycles. The molecule has 72 valence electrons. The summed E-state index contributed by atoms with van der Waals surface area (Å²) >= 11 is 0. The van der Waals surface area contributed by atoms with Crippen LogP contribution < -0.4 is 0 Å². The molecule has 0 saturated carbocycles. The van der Waals surface area contributed by atoms with Gasteiger partial charge in [-0.2, -0.15) is 0 Å². The first kappa shape index (κ1) is 11.4. The van der Waals surface area contributed by atoms with Gasteiger partial charge in [0.2, 0.25) is 0 Å². The minimum absolute atomic E-state index is 0.0209. The third-order valence-corrected chi connectivity index (χ3v) is 1.46. The van der Waals surface area contributed by atoms with Crippen molar-refractivity contribution >= 4 is 5.97 Å². The van der Waals surface area contributed by atoms with E-state index in [4.69, 9.17) is 9.47 Å². The Morgan fingerprint density at radius 2 is 1.83 bits per heavy atom. The summed E-state index contributed by atoms with van der Waals surface area (Å²) in [4.78, 5) is 10.9. The first-order valence-electron chi connectivity index (χ1n) is 4.34. The molecule has 0 aromatic heterocycles. The van der Waals surface area contributed by atoms with Crippen molar-refractivity contribution < 1.29 is 14.3 Å². The van der Waals surface area contributed by atoms with Gasteiger partial charge in [0.1, 0.15) is 0 Å². The first-order chi connectivity index (χ1) is 5.68. The molecule has 0 spiro atoms. The van der Waals surface area contributed by atoms with E-state index in [-0.39, 0.29) is 11.9 Å². The average Bonchev–Trinajstić information content (AvgIpc) is 2.03. The van der Waals surface area contributed by atoms with Crippen LogP contribution in [0.15, 0.2) is 0 Å². The van der Waals surface area contributed by atoms with Gasteiger partial charge in [0, 0.05) is 13.7 Å². The second-order valence-corrected chi connectivity index (χ2v) is 3.02. The van der Waals surface area contributed by atoms with Gasteiger partial charge in [-0.1, -0.05) is 13.8 Å². The van der Waals surface area contributed by atoms with Crippen LogP contribution in [0.2, 0.25) is 0 Å². The summed E-state index contributed by atoms with van der Waals surface area (Å²) in [7, 11) is 1.67. The number of carbonyl (C=O) groups excluding carboxylic acids is 1. The third kappa shape index (κ3) is 6.16. The third-order valence-electron chi connectivity index (χ3n) is 1.46. The molecule has 0 rings (SSSR count). The van der Waals surface area contributed by atoms with Crippen LogP contribution in [0.4, 0.5) is 0 Å². The summed E-state index contributed by atoms with van der Waals surface area (Å²) in [6.07, 6.45) is 1.83. The molecule has 3 heteroatoms. The minimum Gasteiger partial charge on any atom is -0.465 e. The van der Waals surface area contributed by atoms with Crippen molar-refractivity contribution in [3.05, 3.63) is 0 Å². The van der Waals surface area contributed by atoms with E-state index in [2.05, 4.69) is 0 Å². The van der Waals surface area contributed by atoms with E-state index in [1.807, 2.05) is 13.8 Å². The Morgan fingerprint density at radius 3 is 2.33 bits per heavy atom. The average molecular weight is 174 g/mol. The summed E-state index contributed by atoms with van der Waals surface area (Å²) in [6, 6.07) is 0. The van der Waals surface area contributed by atoms with Crippen LogP contribution in [0.1, 0.15) is 26.7 Å². The van der Waals surface area contributed by atoms with Crippen molar-refractivity contribution in [2.24, 2.45) is 5.92 Å². The van der Waals surface area contributed by atoms with Gasteiger partial charge in [-0.3, -0.25) is 4.79 Å². The second kappa shape index (κ2) is 7.10. The predicted octanol–water partition coefficient (Wildman–Crippen LogP) is 1.61. The van der Waals surface area contributed by atoms with Crippen LogP contribution in [0.3, 0.4) is 0 Å². The molecule has 0 fully saturated rings. The smallest absolute Gasteiger partial charge is 0.308 e. The topological polar surface area (TPSA) is 35.5 Å². The van der Waals surface area contributed by atoms with Gasteiger partial charge in [0.25, 0.3) is 0 Å². The highest BCUT2D eigenvalue weighted by molar-refractivity contribution is 5.71. The highest BCUT2D eigenvalue weighted by Gasteiger charge is 2.06. The Kier molecular flexibility index (Phi) is 6.76. The monoisotopic (exact) mass is 174 g/mol. The summed E-state index contributed by atoms with van der Waals surface area (Å²) in [5.74, 6) is -0.139. The maximum atomic E-state index is 10.9. The summed E-state index contributed by atoms with van der Waals surface area (Å²) < 4.78 is 9.81. The molecule has 0 saturated heterocycles. The maximum absolute atomic E-state index is 10.9. The number of hydrogen-bond donors (Lipinski definition) is 0. The van der Waals surface area contributed by atoms with E-state index < -0.39 is 0 Å². The molecule has 0 bridgehead atoms. The molecule has 0 N–H and O–H groups in total. The van der Waals surface area contributed by atoms with E-state index in [1.54, 1.807) is 7.11 Å². The van der Waals surface area contributed by atoms with Crippen LogP contribution in [0, 0.1) is 5.92 Å². The van der Waals surface area contributed by atoms with E-state index in [9.17, 15) is 4.79 Å². The molecule has 0 aliphatic heterocycles. The quantitative estimate of drug-likeness (QED) is 0.453. The molecule has 0 radical (unpaired) electrons. The minimum atomic E-state index is -0.118. The number of hydrogen-bond acceptors (Lipinski definition) is 3. The molecule has 3 nitrogen and oxygen atoms in total. The predicted molar refractivity (Wildman–Crippen MR) is 46.9 cm³/mol. The lowest BCUT2D eigenvalue weighted by Gasteiger charge is -2.06. The number of methoxy groups -OCH3 is 1. The van der Waals surface area contributed by atoms with Crippen molar-refractivity contribution in [3.8, 4) is 0 Å². The summed E-state index contributed by atoms with van der Waals surface area (Å²) in [6.45, 7) is 4.91. The Morgan fingerprint density at radius 1 is 1.25 bits per heavy atom. The Bertz CT molecular complexity index is 121. The molecule has 0 unspecified atom stereocenters. The lowest BCUT2D eigenvalue weighted by Crippen LogP contribution is -2.12. The number of carbonyl (C=O) groups is 1. The van der Waals surface area contributed by atoms with Crippen molar-refractivity contribution in [1.82, 2.24) is 0 Å². The molecular weight excluding hydrogens is 156 g/mol. The molecular formula is C9H18O3. The van der Waals surface area contributed by atoms with Gasteiger partial charge in [-0.15, -0.1) is 0 Å². The fourth-order valence-electron chi connectivity index (χ4n) is 0.688. The van der Waals surface area contributed by atoms with Crippen molar-refractivity contribution in [2.75, 3.05) is 20.3 Å². The molecule has 0 aromatic rings. The lowest BCUT2D eigenvalue weighted by atomic mass is 10.2. The van der Waals surface area contributed by atoms with Gasteiger partial charge in [-0.25, -0.2) is 0 Å². The van der Waals surface area contributed by atoms with E-state index in [1.165, 1.54) is 0 Å². The first-order valence-corrected chi connectivity index (χ1v) is 4.34. The van der Waals surface area contributed by atoms with Crippen molar-refractivity contribution in [3.63, 3.8) is 0 Å². The van der Waals surface area contributed by atoms with Crippen molar-refractivity contribution in [1.29, 1.82) is 0 Å². The van der Waals surface area contributed by atoms with Crippen LogP contribution in [-0.2, 0) is 14.3 Å². The standard InChI is InChI=1S/C9H18O3/c1-8(2)9(10)12-7-5-4-6-11-3/h8H,4-7H2,1-3H3. The fraction of sp³-hybridized carbons (Fsp3) is 0.889. The van der Waals surface area contributed by atoms with Gasteiger partial charge in [0.15, 0.2) is 0 Å². The molecule has 0 amide bonds. The highest BCUT2D eigenvalue weighted by Crippen LogP contribution is 1.97. The summed E-state index contributed by atoms with van der Waals surface area (Å²) in [5.41, 5.74) is 0. The van der Waals surface area contributed by atoms with Crippen LogP contribution in [0.5, 0.6) is 0 Å². The Labute approximate surface area is 74.0 Å². The summed E-state index contributed by atoms with van der Waals surface area (Å²) in [5, 5.41) is 0. The Balaban J connectivity index is 3.14. The normalized spacial score (nSPS) is 10.3. The number of esters is 1. The van der Waals surface area contributed by atoms with Crippen LogP contribution >= 0.6 is 0 Å². The number of rotatable bonds is 6. The zero-order valence-corrected chi connectivity index (χ0v) is 8.13. The zero-order chi connectivity index (χ0) is 9.40. The van der Waals surface area contributed by atoms with E-state index in [0.29, 0.717) is 6.61 Å². The van der Waals surface area contributed by atoms with Gasteiger partial charge in [0.05, 0.1) is 12.5 Å². The lowest BCUT2D eigenvalue weighted by molar-refractivity contribution is -0.147. The van der Waals surface area contributed by atoms with E-state index in [0.717, 1.165) is 19.4 Å². The van der Waals surface area contributed by atoms with Crippen LogP contribution in [0.25, 0.3) is 0 Å². The van der Waals surface area contributed by atoms with Crippen molar-refractivity contribution in [2.45, 2.75) is 26.7 Å². The maximum Gasteiger partial charge on any atom is 0.308 e. The zero-order valence-electron chi connectivity index (χ0n) is 8.13. The molecule has 0 aliphatic rings. The van der Waals surface area contributed by atoms with Gasteiger partial charge >= 0.3 is 5.97 Å². The number of unbranched alkanes of at least 4 members (excludes halogenated alkanes) is 1. The Hall–Kier alpha value is -0.570. The molecule has 0 heterocycles. The SMILES string of the molecule is COCCCCOC(=O)C(C)C. The molecule has 12 heavy (non-hydrogen) atoms. The second-order valence-electron chi connectivity index (χ2n) is 3.02. The molecule has 0 atom stereocenters. The van der Waals surface area contributed by atoms with Gasteiger partial charge in [-0.05, 0) is 12.8 Å². The van der Waals surface area contributed by atoms with E-state index >= 15 is 0 Å². The fourth-order valence-corrected chi connectivity index (χ4v) is 0.688.